The van der Waals surface area contributed by atoms with E-state index in [4.69, 9.17) is 56.9 Å². The van der Waals surface area contributed by atoms with Crippen molar-refractivity contribution in [2.45, 2.75) is 240 Å². The standard InChI is InChI=1S/C70H106N6O19/c1-37(2)30-54(78)91-60-45(10)59(39(4)36-87-68-63(85-16)62(84-15)56(79)48(13)90-68)93-66(82)47(12)61(92-55-31-41(6)76(35-43(8)88-55)29-21-24-53(77)73-52-28-27-50-26-25-40(5)72-65(50)74-52)44(9)58(94-67-57(80)51(75-86-17)32-42(7)89-67)38(3)33-70(14,64(81)46(60)11)95-69(83)71-34-49-22-19-18-20-23-49/h18-20,22-23,25-28,37-39,41-48,55-63,67-68,79-80H,21,24,29-36H2,1-17H3,(H,71,83)(H,72,73,74,77)/t38-,39?,41?,42+,43-,44+,45-,46+,47+,48+,55-,56+,57+,58-,59+,60+,61-,62+,63+,67-,68+,70-/m0/s1. The highest BCUT2D eigenvalue weighted by atomic mass is 16.7. The molecule has 4 saturated heterocycles. The van der Waals surface area contributed by atoms with Crippen molar-refractivity contribution in [1.29, 1.82) is 0 Å². The zero-order valence-corrected chi connectivity index (χ0v) is 58.6. The van der Waals surface area contributed by atoms with Gasteiger partial charge in [-0.05, 0) is 110 Å². The lowest BCUT2D eigenvalue weighted by molar-refractivity contribution is -0.305. The maximum atomic E-state index is 16.0. The summed E-state index contributed by atoms with van der Waals surface area (Å²) in [5.74, 6) is -7.62. The minimum absolute atomic E-state index is 0.0162. The van der Waals surface area contributed by atoms with E-state index in [0.717, 1.165) is 16.6 Å². The number of cyclic esters (lactones) is 1. The Morgan fingerprint density at radius 3 is 2.19 bits per heavy atom. The Hall–Kier alpha value is -5.84. The molecule has 2 aromatic heterocycles. The molecule has 2 unspecified atom stereocenters. The number of carbonyl (C=O) groups excluding carboxylic acids is 5. The number of anilines is 1. The summed E-state index contributed by atoms with van der Waals surface area (Å²) in [6, 6.07) is 16.5. The highest BCUT2D eigenvalue weighted by molar-refractivity contribution is 5.92. The van der Waals surface area contributed by atoms with Crippen LogP contribution in [0, 0.1) is 48.3 Å². The number of ether oxygens (including phenoxy) is 11. The molecule has 25 heteroatoms. The number of esters is 2. The van der Waals surface area contributed by atoms with Crippen molar-refractivity contribution in [2.24, 2.45) is 46.6 Å². The van der Waals surface area contributed by atoms with E-state index in [-0.39, 0.29) is 62.4 Å². The van der Waals surface area contributed by atoms with Crippen LogP contribution >= 0.6 is 0 Å². The first-order chi connectivity index (χ1) is 45.0. The number of methoxy groups -OCH3 is 2. The number of aryl methyl sites for hydroxylation is 1. The molecule has 0 saturated carbocycles. The van der Waals surface area contributed by atoms with Crippen LogP contribution in [-0.2, 0) is 82.7 Å². The number of hydrogen-bond donors (Lipinski definition) is 4. The van der Waals surface area contributed by atoms with Crippen LogP contribution in [-0.4, -0.2) is 199 Å². The third-order valence-corrected chi connectivity index (χ3v) is 18.8. The molecule has 3 aromatic rings. The summed E-state index contributed by atoms with van der Waals surface area (Å²) in [6.07, 6.45) is -13.8. The summed E-state index contributed by atoms with van der Waals surface area (Å²) in [4.78, 5) is 90.1. The normalized spacial score (nSPS) is 34.8. The van der Waals surface area contributed by atoms with Crippen LogP contribution in [0.1, 0.15) is 140 Å². The van der Waals surface area contributed by atoms with Gasteiger partial charge in [0.25, 0.3) is 0 Å². The molecule has 0 aliphatic carbocycles. The van der Waals surface area contributed by atoms with Crippen LogP contribution in [0.2, 0.25) is 0 Å². The van der Waals surface area contributed by atoms with Gasteiger partial charge in [0.05, 0.1) is 54.7 Å². The van der Waals surface area contributed by atoms with Crippen LogP contribution in [0.5, 0.6) is 0 Å². The van der Waals surface area contributed by atoms with E-state index in [9.17, 15) is 24.6 Å². The Labute approximate surface area is 559 Å². The van der Waals surface area contributed by atoms with E-state index in [1.165, 1.54) is 28.3 Å². The maximum Gasteiger partial charge on any atom is 0.408 e. The molecule has 4 aliphatic heterocycles. The zero-order chi connectivity index (χ0) is 69.6. The monoisotopic (exact) mass is 1330 g/mol. The second-order valence-electron chi connectivity index (χ2n) is 27.4. The van der Waals surface area contributed by atoms with Gasteiger partial charge in [0.2, 0.25) is 5.91 Å². The number of aliphatic hydroxyl groups is 2. The van der Waals surface area contributed by atoms with E-state index < -0.39 is 151 Å². The Bertz CT molecular complexity index is 3020. The van der Waals surface area contributed by atoms with Crippen molar-refractivity contribution in [1.82, 2.24) is 20.2 Å². The van der Waals surface area contributed by atoms with Gasteiger partial charge in [-0.1, -0.05) is 84.0 Å². The molecule has 0 spiro atoms. The number of pyridine rings is 2. The predicted octanol–water partition coefficient (Wildman–Crippen LogP) is 8.25. The van der Waals surface area contributed by atoms with E-state index >= 15 is 9.59 Å². The molecule has 95 heavy (non-hydrogen) atoms. The number of nitrogens with zero attached hydrogens (tertiary/aromatic N) is 4. The quantitative estimate of drug-likeness (QED) is 0.0418. The van der Waals surface area contributed by atoms with Crippen molar-refractivity contribution >= 4 is 52.3 Å². The number of amides is 2. The third kappa shape index (κ3) is 20.4. The van der Waals surface area contributed by atoms with E-state index in [1.54, 1.807) is 47.6 Å². The molecular formula is C70H106N6O19. The van der Waals surface area contributed by atoms with Gasteiger partial charge in [-0.25, -0.2) is 14.8 Å². The van der Waals surface area contributed by atoms with Crippen LogP contribution in [0.25, 0.3) is 11.0 Å². The predicted molar refractivity (Wildman–Crippen MR) is 351 cm³/mol. The van der Waals surface area contributed by atoms with Crippen LogP contribution < -0.4 is 10.6 Å². The fraction of sp³-hybridized carbons (Fsp3) is 0.714. The molecule has 4 fully saturated rings. The van der Waals surface area contributed by atoms with Crippen molar-refractivity contribution in [2.75, 3.05) is 46.3 Å². The SMILES string of the molecule is CON=C1C[C@@H](C)O[C@@H](O[C@@H]2[C@@H](C)[C@H](O[C@H]3CC(C)N(CCCC(=O)Nc4ccc5ccc(C)nc5n4)C[C@H](C)O3)[C@@H](C)C(=O)O[C@H](C(C)CO[C@@H]3O[C@H](C)[C@@H](O)[C@@H](OC)[C@H]3OC)[C@H](C)[C@@H](OC(=O)CC(C)C)[C@@H](C)C(=O)[C@@](C)(OC(=O)NCc3ccccc3)C[C@@H]2C)[C@@H]1O. The lowest BCUT2D eigenvalue weighted by Crippen LogP contribution is -2.59. The van der Waals surface area contributed by atoms with Crippen LogP contribution in [0.15, 0.2) is 59.8 Å². The van der Waals surface area contributed by atoms with Gasteiger partial charge in [0, 0.05) is 87.9 Å². The average molecular weight is 1340 g/mol. The lowest BCUT2D eigenvalue weighted by Gasteiger charge is -2.45. The highest BCUT2D eigenvalue weighted by Gasteiger charge is 2.53. The number of aromatic nitrogens is 2. The minimum Gasteiger partial charge on any atom is -0.461 e. The van der Waals surface area contributed by atoms with Crippen molar-refractivity contribution in [3.05, 3.63) is 65.9 Å². The second kappa shape index (κ2) is 35.1. The molecular weight excluding hydrogens is 1230 g/mol. The first kappa shape index (κ1) is 76.5. The molecule has 4 N–H and O–H groups in total. The number of hydrogen-bond acceptors (Lipinski definition) is 23. The summed E-state index contributed by atoms with van der Waals surface area (Å²) in [5, 5.41) is 33.8. The largest absolute Gasteiger partial charge is 0.461 e. The summed E-state index contributed by atoms with van der Waals surface area (Å²) in [6.45, 7) is 26.0. The maximum absolute atomic E-state index is 16.0. The molecule has 530 valence electrons. The Kier molecular flexibility index (Phi) is 28.3. The summed E-state index contributed by atoms with van der Waals surface area (Å²) < 4.78 is 71.3. The van der Waals surface area contributed by atoms with Gasteiger partial charge in [0.15, 0.2) is 35.9 Å². The number of ketones is 1. The van der Waals surface area contributed by atoms with Crippen molar-refractivity contribution in [3.8, 4) is 0 Å². The number of alkyl carbamates (subject to hydrolysis) is 1. The Morgan fingerprint density at radius 1 is 0.800 bits per heavy atom. The van der Waals surface area contributed by atoms with Gasteiger partial charge < -0.3 is 77.8 Å². The minimum atomic E-state index is -2.01. The van der Waals surface area contributed by atoms with Crippen LogP contribution in [0.3, 0.4) is 0 Å². The zero-order valence-electron chi connectivity index (χ0n) is 58.6. The second-order valence-corrected chi connectivity index (χ2v) is 27.4. The number of Topliss-reactive ketones (excluding diaryl/α,β-unsaturated/α-hetero) is 1. The van der Waals surface area contributed by atoms with Gasteiger partial charge >= 0.3 is 18.0 Å². The lowest BCUT2D eigenvalue weighted by atomic mass is 9.74. The van der Waals surface area contributed by atoms with E-state index in [1.807, 2.05) is 90.1 Å². The number of oxime groups is 1. The summed E-state index contributed by atoms with van der Waals surface area (Å²) in [7, 11) is 4.27. The molecule has 25 nitrogen and oxygen atoms in total. The van der Waals surface area contributed by atoms with E-state index in [2.05, 4.69) is 37.6 Å². The molecule has 0 radical (unpaired) electrons. The molecule has 4 aliphatic rings. The van der Waals surface area contributed by atoms with E-state index in [0.29, 0.717) is 37.4 Å². The fourth-order valence-corrected chi connectivity index (χ4v) is 13.8. The van der Waals surface area contributed by atoms with Crippen LogP contribution in [0.4, 0.5) is 10.6 Å². The molecule has 7 rings (SSSR count). The smallest absolute Gasteiger partial charge is 0.408 e. The van der Waals surface area contributed by atoms with Crippen molar-refractivity contribution in [3.63, 3.8) is 0 Å². The number of benzene rings is 1. The van der Waals surface area contributed by atoms with Gasteiger partial charge in [-0.15, -0.1) is 0 Å². The first-order valence-electron chi connectivity index (χ1n) is 33.7. The van der Waals surface area contributed by atoms with Gasteiger partial charge in [0.1, 0.15) is 49.6 Å². The number of aliphatic hydroxyl groups excluding tert-OH is 2. The molecule has 0 bridgehead atoms. The number of nitrogens with one attached hydrogen (secondary N) is 2. The topological polar surface area (TPSA) is 302 Å². The molecule has 1 aromatic carbocycles. The number of rotatable bonds is 22. The molecule has 22 atom stereocenters. The number of carbonyl (C=O) groups is 5. The Balaban J connectivity index is 1.28. The van der Waals surface area contributed by atoms with Gasteiger partial charge in [-0.2, -0.15) is 0 Å². The summed E-state index contributed by atoms with van der Waals surface area (Å²) >= 11 is 0. The molecule has 6 heterocycles. The fourth-order valence-electron chi connectivity index (χ4n) is 13.8. The summed E-state index contributed by atoms with van der Waals surface area (Å²) in [5.41, 5.74) is 0.388. The highest BCUT2D eigenvalue weighted by Crippen LogP contribution is 2.41. The first-order valence-corrected chi connectivity index (χ1v) is 33.7. The third-order valence-electron chi connectivity index (χ3n) is 18.8. The Morgan fingerprint density at radius 2 is 1.51 bits per heavy atom. The van der Waals surface area contributed by atoms with Gasteiger partial charge in [-0.3, -0.25) is 24.1 Å². The molecule has 2 amide bonds. The average Bonchev–Trinajstić information content (AvgIpc) is 1.01. The number of fused-ring (bicyclic) bond motifs is 1. The van der Waals surface area contributed by atoms with Crippen molar-refractivity contribution < 1.29 is 91.1 Å².